The predicted octanol–water partition coefficient (Wildman–Crippen LogP) is 3.21. The van der Waals surface area contributed by atoms with Gasteiger partial charge in [-0.3, -0.25) is 0 Å². The van der Waals surface area contributed by atoms with E-state index in [0.717, 1.165) is 6.42 Å². The van der Waals surface area contributed by atoms with E-state index in [-0.39, 0.29) is 16.6 Å². The molecule has 0 saturated heterocycles. The Balaban J connectivity index is 2.44. The number of hydrogen-bond donors (Lipinski definition) is 1. The fourth-order valence-corrected chi connectivity index (χ4v) is 4.58. The fourth-order valence-electron chi connectivity index (χ4n) is 3.12. The van der Waals surface area contributed by atoms with E-state index in [2.05, 4.69) is 26.8 Å². The van der Waals surface area contributed by atoms with Crippen LogP contribution in [0.25, 0.3) is 0 Å². The SMILES string of the molecule is CC(C)C1(C)CCC(F)C2SC(N)=C(C#N)C21. The van der Waals surface area contributed by atoms with E-state index in [0.29, 0.717) is 22.9 Å². The minimum atomic E-state index is -0.832. The first-order valence-corrected chi connectivity index (χ1v) is 7.00. The van der Waals surface area contributed by atoms with E-state index < -0.39 is 6.17 Å². The molecule has 1 saturated carbocycles. The molecule has 17 heavy (non-hydrogen) atoms. The quantitative estimate of drug-likeness (QED) is 0.781. The zero-order chi connectivity index (χ0) is 12.8. The molecule has 1 aliphatic carbocycles. The summed E-state index contributed by atoms with van der Waals surface area (Å²) in [6.07, 6.45) is 0.599. The van der Waals surface area contributed by atoms with Gasteiger partial charge in [0.1, 0.15) is 6.17 Å². The van der Waals surface area contributed by atoms with Gasteiger partial charge in [-0.1, -0.05) is 20.8 Å². The van der Waals surface area contributed by atoms with Gasteiger partial charge < -0.3 is 5.73 Å². The molecule has 0 amide bonds. The van der Waals surface area contributed by atoms with Crippen molar-refractivity contribution in [2.75, 3.05) is 0 Å². The van der Waals surface area contributed by atoms with Gasteiger partial charge in [-0.25, -0.2) is 4.39 Å². The largest absolute Gasteiger partial charge is 0.393 e. The lowest BCUT2D eigenvalue weighted by molar-refractivity contribution is 0.0521. The number of nitriles is 1. The number of allylic oxidation sites excluding steroid dienone is 1. The van der Waals surface area contributed by atoms with Gasteiger partial charge in [0.05, 0.1) is 21.9 Å². The second-order valence-electron chi connectivity index (χ2n) is 5.67. The van der Waals surface area contributed by atoms with Crippen LogP contribution in [0, 0.1) is 28.6 Å². The average molecular weight is 254 g/mol. The summed E-state index contributed by atoms with van der Waals surface area (Å²) >= 11 is 1.37. The number of nitrogens with two attached hydrogens (primary N) is 1. The Bertz CT molecular complexity index is 399. The van der Waals surface area contributed by atoms with Crippen molar-refractivity contribution < 1.29 is 4.39 Å². The maximum Gasteiger partial charge on any atom is 0.113 e. The second-order valence-corrected chi connectivity index (χ2v) is 6.88. The molecule has 1 heterocycles. The van der Waals surface area contributed by atoms with Crippen LogP contribution in [0.1, 0.15) is 33.6 Å². The van der Waals surface area contributed by atoms with Crippen molar-refractivity contribution in [1.29, 1.82) is 5.26 Å². The van der Waals surface area contributed by atoms with Crippen LogP contribution in [-0.4, -0.2) is 11.4 Å². The lowest BCUT2D eigenvalue weighted by Crippen LogP contribution is -2.46. The van der Waals surface area contributed by atoms with Gasteiger partial charge in [0, 0.05) is 5.92 Å². The third-order valence-corrected chi connectivity index (χ3v) is 5.95. The van der Waals surface area contributed by atoms with E-state index in [9.17, 15) is 9.65 Å². The summed E-state index contributed by atoms with van der Waals surface area (Å²) in [6, 6.07) is 2.21. The number of alkyl halides is 1. The highest BCUT2D eigenvalue weighted by Crippen LogP contribution is 2.58. The number of thioether (sulfide) groups is 1. The molecule has 1 aliphatic heterocycles. The summed E-state index contributed by atoms with van der Waals surface area (Å²) in [5.41, 5.74) is 6.50. The van der Waals surface area contributed by atoms with Crippen molar-refractivity contribution in [3.8, 4) is 6.07 Å². The van der Waals surface area contributed by atoms with Crippen LogP contribution in [-0.2, 0) is 0 Å². The average Bonchev–Trinajstić information content (AvgIpc) is 2.62. The van der Waals surface area contributed by atoms with Crippen LogP contribution in [0.4, 0.5) is 4.39 Å². The predicted molar refractivity (Wildman–Crippen MR) is 68.8 cm³/mol. The maximum absolute atomic E-state index is 14.0. The van der Waals surface area contributed by atoms with E-state index in [1.807, 2.05) is 0 Å². The normalized spacial score (nSPS) is 41.5. The van der Waals surface area contributed by atoms with Crippen molar-refractivity contribution in [2.24, 2.45) is 23.0 Å². The molecule has 2 nitrogen and oxygen atoms in total. The van der Waals surface area contributed by atoms with Gasteiger partial charge in [0.2, 0.25) is 0 Å². The van der Waals surface area contributed by atoms with E-state index in [4.69, 9.17) is 5.73 Å². The lowest BCUT2D eigenvalue weighted by atomic mass is 9.59. The number of halogens is 1. The van der Waals surface area contributed by atoms with Crippen LogP contribution >= 0.6 is 11.8 Å². The highest BCUT2D eigenvalue weighted by molar-refractivity contribution is 8.04. The summed E-state index contributed by atoms with van der Waals surface area (Å²) in [5.74, 6) is 0.415. The van der Waals surface area contributed by atoms with Gasteiger partial charge >= 0.3 is 0 Å². The topological polar surface area (TPSA) is 49.8 Å². The molecule has 0 spiro atoms. The van der Waals surface area contributed by atoms with E-state index in [1.54, 1.807) is 0 Å². The summed E-state index contributed by atoms with van der Waals surface area (Å²) < 4.78 is 14.0. The number of rotatable bonds is 1. The molecular weight excluding hydrogens is 235 g/mol. The molecule has 1 fully saturated rings. The Morgan fingerprint density at radius 3 is 2.76 bits per heavy atom. The summed E-state index contributed by atoms with van der Waals surface area (Å²) in [4.78, 5) is 0. The zero-order valence-electron chi connectivity index (χ0n) is 10.5. The molecule has 94 valence electrons. The molecule has 2 rings (SSSR count). The van der Waals surface area contributed by atoms with Crippen LogP contribution in [0.5, 0.6) is 0 Å². The molecule has 0 radical (unpaired) electrons. The van der Waals surface area contributed by atoms with Crippen molar-refractivity contribution in [3.63, 3.8) is 0 Å². The molecule has 2 N–H and O–H groups in total. The van der Waals surface area contributed by atoms with Crippen molar-refractivity contribution in [1.82, 2.24) is 0 Å². The van der Waals surface area contributed by atoms with Crippen molar-refractivity contribution in [2.45, 2.75) is 45.0 Å². The molecule has 2 aliphatic rings. The number of hydrogen-bond acceptors (Lipinski definition) is 3. The first-order chi connectivity index (χ1) is 7.91. The number of fused-ring (bicyclic) bond motifs is 1. The van der Waals surface area contributed by atoms with Crippen LogP contribution < -0.4 is 5.73 Å². The van der Waals surface area contributed by atoms with Gasteiger partial charge in [0.15, 0.2) is 0 Å². The monoisotopic (exact) mass is 254 g/mol. The standard InChI is InChI=1S/C13H19FN2S/c1-7(2)13(3)5-4-9(14)11-10(13)8(6-15)12(16)17-11/h7,9-11H,4-5,16H2,1-3H3. The highest BCUT2D eigenvalue weighted by atomic mass is 32.2. The van der Waals surface area contributed by atoms with Gasteiger partial charge in [0.25, 0.3) is 0 Å². The van der Waals surface area contributed by atoms with Crippen molar-refractivity contribution >= 4 is 11.8 Å². The minimum Gasteiger partial charge on any atom is -0.393 e. The smallest absolute Gasteiger partial charge is 0.113 e. The minimum absolute atomic E-state index is 0.00750. The van der Waals surface area contributed by atoms with Crippen molar-refractivity contribution in [3.05, 3.63) is 10.6 Å². The molecule has 0 aromatic rings. The van der Waals surface area contributed by atoms with Gasteiger partial charge in [-0.15, -0.1) is 11.8 Å². The maximum atomic E-state index is 14.0. The third-order valence-electron chi connectivity index (χ3n) is 4.63. The summed E-state index contributed by atoms with van der Waals surface area (Å²) in [5, 5.41) is 9.65. The Morgan fingerprint density at radius 2 is 2.24 bits per heavy atom. The molecule has 4 unspecified atom stereocenters. The first kappa shape index (κ1) is 12.8. The Morgan fingerprint density at radius 1 is 1.59 bits per heavy atom. The first-order valence-electron chi connectivity index (χ1n) is 6.12. The molecule has 4 heteroatoms. The van der Waals surface area contributed by atoms with Gasteiger partial charge in [-0.05, 0) is 24.2 Å². The van der Waals surface area contributed by atoms with Crippen LogP contribution in [0.2, 0.25) is 0 Å². The van der Waals surface area contributed by atoms with Gasteiger partial charge in [-0.2, -0.15) is 5.26 Å². The molecule has 0 bridgehead atoms. The zero-order valence-corrected chi connectivity index (χ0v) is 11.4. The molecule has 0 aromatic carbocycles. The molecule has 4 atom stereocenters. The fraction of sp³-hybridized carbons (Fsp3) is 0.769. The second kappa shape index (κ2) is 4.20. The molecular formula is C13H19FN2S. The molecule has 0 aromatic heterocycles. The lowest BCUT2D eigenvalue weighted by Gasteiger charge is -2.47. The Kier molecular flexibility index (Phi) is 3.15. The van der Waals surface area contributed by atoms with Crippen LogP contribution in [0.15, 0.2) is 10.6 Å². The number of nitrogens with zero attached hydrogens (tertiary/aromatic N) is 1. The van der Waals surface area contributed by atoms with E-state index in [1.165, 1.54) is 11.8 Å². The summed E-state index contributed by atoms with van der Waals surface area (Å²) in [7, 11) is 0. The third kappa shape index (κ3) is 1.76. The Labute approximate surface area is 106 Å². The highest BCUT2D eigenvalue weighted by Gasteiger charge is 2.54. The van der Waals surface area contributed by atoms with Crippen LogP contribution in [0.3, 0.4) is 0 Å². The van der Waals surface area contributed by atoms with E-state index >= 15 is 0 Å². The summed E-state index contributed by atoms with van der Waals surface area (Å²) in [6.45, 7) is 6.49. The Hall–Kier alpha value is -0.690.